The summed E-state index contributed by atoms with van der Waals surface area (Å²) in [6.45, 7) is 4.52. The van der Waals surface area contributed by atoms with Crippen LogP contribution in [-0.4, -0.2) is 44.8 Å². The van der Waals surface area contributed by atoms with E-state index in [0.29, 0.717) is 22.7 Å². The highest BCUT2D eigenvalue weighted by Crippen LogP contribution is 2.30. The second kappa shape index (κ2) is 14.1. The third-order valence-corrected chi connectivity index (χ3v) is 7.66. The summed E-state index contributed by atoms with van der Waals surface area (Å²) >= 11 is 0. The molecule has 0 spiro atoms. The summed E-state index contributed by atoms with van der Waals surface area (Å²) in [6, 6.07) is 15.6. The molecule has 4 aromatic rings. The van der Waals surface area contributed by atoms with Crippen LogP contribution in [0.3, 0.4) is 0 Å². The fourth-order valence-corrected chi connectivity index (χ4v) is 5.77. The second-order valence-corrected chi connectivity index (χ2v) is 12.7. The molecule has 9 nitrogen and oxygen atoms in total. The van der Waals surface area contributed by atoms with Gasteiger partial charge in [-0.05, 0) is 118 Å². The van der Waals surface area contributed by atoms with Crippen molar-refractivity contribution in [3.05, 3.63) is 90.3 Å². The number of amides is 2. The molecule has 2 amide bonds. The van der Waals surface area contributed by atoms with E-state index in [4.69, 9.17) is 4.74 Å². The molecule has 0 aliphatic heterocycles. The molecular weight excluding hydrogens is 592 g/mol. The van der Waals surface area contributed by atoms with E-state index in [1.807, 2.05) is 50.6 Å². The lowest BCUT2D eigenvalue weighted by Crippen LogP contribution is -2.41. The maximum atomic E-state index is 13.4. The van der Waals surface area contributed by atoms with Crippen LogP contribution in [0.4, 0.5) is 19.3 Å². The Morgan fingerprint density at radius 3 is 2.59 bits per heavy atom. The lowest BCUT2D eigenvalue weighted by atomic mass is 9.82. The second-order valence-electron chi connectivity index (χ2n) is 12.7. The monoisotopic (exact) mass is 631 g/mol. The number of aryl methyl sites for hydroxylation is 1. The van der Waals surface area contributed by atoms with E-state index in [2.05, 4.69) is 31.4 Å². The quantitative estimate of drug-likeness (QED) is 0.196. The molecule has 1 saturated carbocycles. The van der Waals surface area contributed by atoms with Crippen LogP contribution in [0.15, 0.2) is 73.3 Å². The van der Waals surface area contributed by atoms with Gasteiger partial charge in [-0.3, -0.25) is 9.78 Å². The van der Waals surface area contributed by atoms with Crippen LogP contribution in [0.25, 0.3) is 16.8 Å². The van der Waals surface area contributed by atoms with Gasteiger partial charge in [-0.1, -0.05) is 18.6 Å². The molecule has 5 rings (SSSR count). The van der Waals surface area contributed by atoms with E-state index < -0.39 is 24.2 Å². The fraction of sp³-hybridized carbons (Fsp3) is 0.371. The van der Waals surface area contributed by atoms with Crippen molar-refractivity contribution < 1.29 is 27.8 Å². The average molecular weight is 632 g/mol. The number of hydrogen-bond donors (Lipinski definition) is 2. The van der Waals surface area contributed by atoms with E-state index >= 15 is 0 Å². The third kappa shape index (κ3) is 9.12. The van der Waals surface area contributed by atoms with Gasteiger partial charge in [0.2, 0.25) is 0 Å². The minimum absolute atomic E-state index is 0.0271. The van der Waals surface area contributed by atoms with Crippen molar-refractivity contribution in [2.75, 3.05) is 5.32 Å². The van der Waals surface area contributed by atoms with E-state index in [1.54, 1.807) is 30.6 Å². The Morgan fingerprint density at radius 1 is 1.04 bits per heavy atom. The lowest BCUT2D eigenvalue weighted by Gasteiger charge is -2.31. The number of anilines is 1. The van der Waals surface area contributed by atoms with E-state index in [0.717, 1.165) is 49.0 Å². The molecule has 2 N–H and O–H groups in total. The largest absolute Gasteiger partial charge is 0.444 e. The number of nitrogens with zero attached hydrogens (tertiary/aromatic N) is 3. The molecule has 0 saturated heterocycles. The molecule has 2 aromatic carbocycles. The first-order valence-electron chi connectivity index (χ1n) is 15.4. The number of carbonyl (C=O) groups excluding carboxylic acids is 2. The van der Waals surface area contributed by atoms with Crippen LogP contribution in [-0.2, 0) is 11.2 Å². The predicted molar refractivity (Wildman–Crippen MR) is 171 cm³/mol. The number of alkyl carbamates (subject to hydrolysis) is 1. The van der Waals surface area contributed by atoms with Crippen molar-refractivity contribution in [2.45, 2.75) is 78.1 Å². The van der Waals surface area contributed by atoms with Crippen molar-refractivity contribution in [3.63, 3.8) is 0 Å². The van der Waals surface area contributed by atoms with E-state index in [-0.39, 0.29) is 17.5 Å². The van der Waals surface area contributed by atoms with Crippen molar-refractivity contribution in [1.82, 2.24) is 19.9 Å². The number of aromatic nitrogens is 3. The molecule has 11 heteroatoms. The minimum Gasteiger partial charge on any atom is -0.444 e. The Morgan fingerprint density at radius 2 is 1.85 bits per heavy atom. The summed E-state index contributed by atoms with van der Waals surface area (Å²) in [4.78, 5) is 34.5. The van der Waals surface area contributed by atoms with Crippen LogP contribution in [0.1, 0.15) is 68.2 Å². The molecule has 1 fully saturated rings. The van der Waals surface area contributed by atoms with E-state index in [9.17, 15) is 18.4 Å². The Kier molecular flexibility index (Phi) is 9.99. The molecule has 2 heterocycles. The zero-order chi connectivity index (χ0) is 32.8. The summed E-state index contributed by atoms with van der Waals surface area (Å²) < 4.78 is 37.4. The fourth-order valence-electron chi connectivity index (χ4n) is 5.77. The molecule has 242 valence electrons. The molecule has 1 aliphatic carbocycles. The third-order valence-electron chi connectivity index (χ3n) is 7.66. The number of halogens is 2. The molecule has 0 radical (unpaired) electrons. The van der Waals surface area contributed by atoms with Crippen LogP contribution in [0.2, 0.25) is 0 Å². The number of ether oxygens (including phenoxy) is 2. The Balaban J connectivity index is 1.34. The molecule has 0 bridgehead atoms. The predicted octanol–water partition coefficient (Wildman–Crippen LogP) is 7.72. The molecule has 2 aromatic heterocycles. The summed E-state index contributed by atoms with van der Waals surface area (Å²) in [5, 5.41) is 6.03. The van der Waals surface area contributed by atoms with Crippen molar-refractivity contribution >= 4 is 17.7 Å². The molecule has 2 unspecified atom stereocenters. The summed E-state index contributed by atoms with van der Waals surface area (Å²) in [5.41, 5.74) is 4.22. The number of benzene rings is 2. The van der Waals surface area contributed by atoms with Crippen LogP contribution in [0.5, 0.6) is 5.75 Å². The van der Waals surface area contributed by atoms with Crippen molar-refractivity contribution in [2.24, 2.45) is 5.92 Å². The topological polar surface area (TPSA) is 107 Å². The molecule has 2 atom stereocenters. The standard InChI is InChI=1S/C35H39F2N5O4/c1-22-20-42(21-39-22)29-16-24(13-23-7-5-9-27(14-23)41-34(44)46-35(2,3)4)15-28(19-29)40-32(43)31-18-26(11-12-38-31)25-8-6-10-30(17-25)45-33(36)37/h6,8,10-12,15-21,23,27,33H,5,7,9,13-14H2,1-4H3,(H,40,43)(H,41,44). The van der Waals surface area contributed by atoms with Gasteiger partial charge in [-0.2, -0.15) is 8.78 Å². The SMILES string of the molecule is Cc1cn(-c2cc(CC3CCCC(NC(=O)OC(C)(C)C)C3)cc(NC(=O)c3cc(-c4cccc(OC(F)F)c4)ccn3)c2)cn1. The van der Waals surface area contributed by atoms with Gasteiger partial charge in [0.1, 0.15) is 17.0 Å². The van der Waals surface area contributed by atoms with Gasteiger partial charge < -0.3 is 24.7 Å². The molecule has 46 heavy (non-hydrogen) atoms. The summed E-state index contributed by atoms with van der Waals surface area (Å²) in [7, 11) is 0. The highest BCUT2D eigenvalue weighted by atomic mass is 19.3. The van der Waals surface area contributed by atoms with Crippen LogP contribution in [0, 0.1) is 12.8 Å². The first kappa shape index (κ1) is 32.6. The van der Waals surface area contributed by atoms with Crippen LogP contribution >= 0.6 is 0 Å². The maximum Gasteiger partial charge on any atom is 0.407 e. The Hall–Kier alpha value is -4.80. The highest BCUT2D eigenvalue weighted by molar-refractivity contribution is 6.03. The number of pyridine rings is 1. The maximum absolute atomic E-state index is 13.4. The number of rotatable bonds is 9. The number of alkyl halides is 2. The normalized spacial score (nSPS) is 16.6. The number of carbonyl (C=O) groups is 2. The van der Waals surface area contributed by atoms with Crippen molar-refractivity contribution in [1.29, 1.82) is 0 Å². The van der Waals surface area contributed by atoms with Gasteiger partial charge in [0, 0.05) is 29.8 Å². The zero-order valence-electron chi connectivity index (χ0n) is 26.4. The number of nitrogens with one attached hydrogen (secondary N) is 2. The molecular formula is C35H39F2N5O4. The number of hydrogen-bond acceptors (Lipinski definition) is 6. The Labute approximate surface area is 267 Å². The van der Waals surface area contributed by atoms with Gasteiger partial charge in [-0.15, -0.1) is 0 Å². The van der Waals surface area contributed by atoms with Gasteiger partial charge in [0.25, 0.3) is 5.91 Å². The first-order chi connectivity index (χ1) is 21.9. The average Bonchev–Trinajstić information content (AvgIpc) is 3.42. The van der Waals surface area contributed by atoms with Crippen molar-refractivity contribution in [3.8, 4) is 22.6 Å². The van der Waals surface area contributed by atoms with Gasteiger partial charge in [0.15, 0.2) is 0 Å². The number of imidazole rings is 1. The van der Waals surface area contributed by atoms with Gasteiger partial charge in [0.05, 0.1) is 12.0 Å². The summed E-state index contributed by atoms with van der Waals surface area (Å²) in [5.74, 6) is -0.0504. The smallest absolute Gasteiger partial charge is 0.407 e. The zero-order valence-corrected chi connectivity index (χ0v) is 26.4. The van der Waals surface area contributed by atoms with Gasteiger partial charge >= 0.3 is 12.7 Å². The first-order valence-corrected chi connectivity index (χ1v) is 15.4. The summed E-state index contributed by atoms with van der Waals surface area (Å²) in [6.07, 6.45) is 9.29. The minimum atomic E-state index is -2.94. The van der Waals surface area contributed by atoms with E-state index in [1.165, 1.54) is 18.3 Å². The highest BCUT2D eigenvalue weighted by Gasteiger charge is 2.26. The lowest BCUT2D eigenvalue weighted by molar-refractivity contribution is -0.0498. The van der Waals surface area contributed by atoms with Crippen LogP contribution < -0.4 is 15.4 Å². The molecule has 1 aliphatic rings. The van der Waals surface area contributed by atoms with Gasteiger partial charge in [-0.25, -0.2) is 9.78 Å². The Bertz CT molecular complexity index is 1680.